The van der Waals surface area contributed by atoms with Gasteiger partial charge in [0.15, 0.2) is 0 Å². The molecule has 0 amide bonds. The van der Waals surface area contributed by atoms with Gasteiger partial charge in [-0.2, -0.15) is 0 Å². The van der Waals surface area contributed by atoms with E-state index in [-0.39, 0.29) is 12.3 Å². The van der Waals surface area contributed by atoms with E-state index < -0.39 is 16.3 Å². The molecule has 98 valence electrons. The molecule has 0 aromatic heterocycles. The van der Waals surface area contributed by atoms with Crippen LogP contribution in [0.1, 0.15) is 26.3 Å². The fraction of sp³-hybridized carbons (Fsp3) is 0.417. The van der Waals surface area contributed by atoms with Crippen LogP contribution < -0.4 is 0 Å². The molecule has 0 radical (unpaired) electrons. The lowest BCUT2D eigenvalue weighted by Gasteiger charge is -2.22. The summed E-state index contributed by atoms with van der Waals surface area (Å²) in [5, 5.41) is 11.0. The molecule has 0 saturated heterocycles. The standard InChI is InChI=1S/C12H14BrNO4/c1-4-18-11(15)12(2,3)9-6-5-8(13)7-10(9)14(16)17/h5-7H,4H2,1-3H3. The molecule has 0 aliphatic heterocycles. The van der Waals surface area contributed by atoms with Crippen molar-refractivity contribution in [2.45, 2.75) is 26.2 Å². The highest BCUT2D eigenvalue weighted by Gasteiger charge is 2.37. The predicted molar refractivity (Wildman–Crippen MR) is 70.5 cm³/mol. The van der Waals surface area contributed by atoms with Crippen molar-refractivity contribution in [3.8, 4) is 0 Å². The molecule has 0 unspecified atom stereocenters. The summed E-state index contributed by atoms with van der Waals surface area (Å²) in [7, 11) is 0. The maximum absolute atomic E-state index is 11.9. The summed E-state index contributed by atoms with van der Waals surface area (Å²) >= 11 is 3.18. The first-order chi connectivity index (χ1) is 8.30. The van der Waals surface area contributed by atoms with Crippen molar-refractivity contribution in [2.75, 3.05) is 6.61 Å². The van der Waals surface area contributed by atoms with Gasteiger partial charge in [0.1, 0.15) is 0 Å². The molecular formula is C12H14BrNO4. The van der Waals surface area contributed by atoms with Crippen molar-refractivity contribution < 1.29 is 14.5 Å². The number of halogens is 1. The molecule has 0 N–H and O–H groups in total. The van der Waals surface area contributed by atoms with Crippen molar-refractivity contribution >= 4 is 27.6 Å². The van der Waals surface area contributed by atoms with Gasteiger partial charge in [0, 0.05) is 16.1 Å². The lowest BCUT2D eigenvalue weighted by molar-refractivity contribution is -0.386. The molecule has 1 aromatic rings. The van der Waals surface area contributed by atoms with Crippen LogP contribution in [0, 0.1) is 10.1 Å². The molecular weight excluding hydrogens is 302 g/mol. The van der Waals surface area contributed by atoms with Crippen LogP contribution in [0.3, 0.4) is 0 Å². The van der Waals surface area contributed by atoms with Crippen molar-refractivity contribution in [1.82, 2.24) is 0 Å². The average molecular weight is 316 g/mol. The first-order valence-corrected chi connectivity index (χ1v) is 6.21. The predicted octanol–water partition coefficient (Wildman–Crippen LogP) is 3.20. The zero-order valence-electron chi connectivity index (χ0n) is 10.4. The molecule has 0 heterocycles. The minimum atomic E-state index is -1.06. The second kappa shape index (κ2) is 5.48. The number of hydrogen-bond acceptors (Lipinski definition) is 4. The fourth-order valence-corrected chi connectivity index (χ4v) is 1.95. The lowest BCUT2D eigenvalue weighted by atomic mass is 9.83. The summed E-state index contributed by atoms with van der Waals surface area (Å²) in [5.41, 5.74) is -0.810. The third-order valence-corrected chi connectivity index (χ3v) is 3.11. The highest BCUT2D eigenvalue weighted by molar-refractivity contribution is 9.10. The smallest absolute Gasteiger partial charge is 0.316 e. The van der Waals surface area contributed by atoms with Crippen LogP contribution in [-0.4, -0.2) is 17.5 Å². The highest BCUT2D eigenvalue weighted by atomic mass is 79.9. The number of rotatable bonds is 4. The zero-order chi connectivity index (χ0) is 13.9. The summed E-state index contributed by atoms with van der Waals surface area (Å²) in [5.74, 6) is -0.476. The van der Waals surface area contributed by atoms with Gasteiger partial charge in [0.2, 0.25) is 0 Å². The normalized spacial score (nSPS) is 11.1. The van der Waals surface area contributed by atoms with Crippen LogP contribution in [0.25, 0.3) is 0 Å². The summed E-state index contributed by atoms with van der Waals surface area (Å²) in [6.07, 6.45) is 0. The average Bonchev–Trinajstić information content (AvgIpc) is 2.28. The number of benzene rings is 1. The molecule has 1 aromatic carbocycles. The van der Waals surface area contributed by atoms with E-state index in [9.17, 15) is 14.9 Å². The third-order valence-electron chi connectivity index (χ3n) is 2.62. The van der Waals surface area contributed by atoms with E-state index in [2.05, 4.69) is 15.9 Å². The summed E-state index contributed by atoms with van der Waals surface area (Å²) in [4.78, 5) is 22.4. The van der Waals surface area contributed by atoms with Crippen molar-refractivity contribution in [3.05, 3.63) is 38.3 Å². The first kappa shape index (κ1) is 14.6. The lowest BCUT2D eigenvalue weighted by Crippen LogP contribution is -2.31. The van der Waals surface area contributed by atoms with E-state index >= 15 is 0 Å². The molecule has 0 atom stereocenters. The number of hydrogen-bond donors (Lipinski definition) is 0. The summed E-state index contributed by atoms with van der Waals surface area (Å²) in [6.45, 7) is 5.17. The quantitative estimate of drug-likeness (QED) is 0.486. The minimum absolute atomic E-state index is 0.0950. The molecule has 6 heteroatoms. The van der Waals surface area contributed by atoms with E-state index in [4.69, 9.17) is 4.74 Å². The highest BCUT2D eigenvalue weighted by Crippen LogP contribution is 2.34. The Kier molecular flexibility index (Phi) is 4.45. The molecule has 0 bridgehead atoms. The van der Waals surface area contributed by atoms with E-state index in [0.29, 0.717) is 10.0 Å². The van der Waals surface area contributed by atoms with E-state index in [0.717, 1.165) is 0 Å². The van der Waals surface area contributed by atoms with E-state index in [1.54, 1.807) is 32.9 Å². The Balaban J connectivity index is 3.31. The van der Waals surface area contributed by atoms with Crippen molar-refractivity contribution in [1.29, 1.82) is 0 Å². The van der Waals surface area contributed by atoms with Gasteiger partial charge in [-0.3, -0.25) is 14.9 Å². The van der Waals surface area contributed by atoms with Gasteiger partial charge in [-0.1, -0.05) is 15.9 Å². The summed E-state index contributed by atoms with van der Waals surface area (Å²) < 4.78 is 5.55. The molecule has 18 heavy (non-hydrogen) atoms. The molecule has 0 aliphatic rings. The number of ether oxygens (including phenoxy) is 1. The largest absolute Gasteiger partial charge is 0.465 e. The Morgan fingerprint density at radius 2 is 2.11 bits per heavy atom. The van der Waals surface area contributed by atoms with Crippen LogP contribution >= 0.6 is 15.9 Å². The molecule has 1 rings (SSSR count). The Bertz CT molecular complexity index is 485. The molecule has 0 fully saturated rings. The second-order valence-corrected chi connectivity index (χ2v) is 5.18. The van der Waals surface area contributed by atoms with Crippen molar-refractivity contribution in [3.63, 3.8) is 0 Å². The number of esters is 1. The van der Waals surface area contributed by atoms with Gasteiger partial charge in [0.05, 0.1) is 16.9 Å². The van der Waals surface area contributed by atoms with Crippen LogP contribution in [0.15, 0.2) is 22.7 Å². The number of nitro benzene ring substituents is 1. The third kappa shape index (κ3) is 2.87. The van der Waals surface area contributed by atoms with Gasteiger partial charge < -0.3 is 4.74 Å². The molecule has 5 nitrogen and oxygen atoms in total. The van der Waals surface area contributed by atoms with Crippen LogP contribution in [0.4, 0.5) is 5.69 Å². The molecule has 0 aliphatic carbocycles. The monoisotopic (exact) mass is 315 g/mol. The van der Waals surface area contributed by atoms with Crippen molar-refractivity contribution in [2.24, 2.45) is 0 Å². The van der Waals surface area contributed by atoms with Crippen LogP contribution in [0.5, 0.6) is 0 Å². The Morgan fingerprint density at radius 1 is 1.50 bits per heavy atom. The van der Waals surface area contributed by atoms with Gasteiger partial charge in [0.25, 0.3) is 5.69 Å². The zero-order valence-corrected chi connectivity index (χ0v) is 12.0. The van der Waals surface area contributed by atoms with Gasteiger partial charge in [-0.25, -0.2) is 0 Å². The maximum atomic E-state index is 11.9. The number of nitrogens with zero attached hydrogens (tertiary/aromatic N) is 1. The van der Waals surface area contributed by atoms with Crippen LogP contribution in [-0.2, 0) is 14.9 Å². The number of carbonyl (C=O) groups excluding carboxylic acids is 1. The number of nitro groups is 1. The van der Waals surface area contributed by atoms with Gasteiger partial charge in [-0.15, -0.1) is 0 Å². The Hall–Kier alpha value is -1.43. The SMILES string of the molecule is CCOC(=O)C(C)(C)c1ccc(Br)cc1[N+](=O)[O-]. The molecule has 0 spiro atoms. The minimum Gasteiger partial charge on any atom is -0.465 e. The maximum Gasteiger partial charge on any atom is 0.316 e. The second-order valence-electron chi connectivity index (χ2n) is 4.26. The van der Waals surface area contributed by atoms with Gasteiger partial charge >= 0.3 is 5.97 Å². The van der Waals surface area contributed by atoms with E-state index in [1.165, 1.54) is 6.07 Å². The topological polar surface area (TPSA) is 69.4 Å². The van der Waals surface area contributed by atoms with Gasteiger partial charge in [-0.05, 0) is 32.9 Å². The fourth-order valence-electron chi connectivity index (χ4n) is 1.61. The van der Waals surface area contributed by atoms with Crippen LogP contribution in [0.2, 0.25) is 0 Å². The Labute approximate surface area is 113 Å². The summed E-state index contributed by atoms with van der Waals surface area (Å²) in [6, 6.07) is 4.62. The van der Waals surface area contributed by atoms with E-state index in [1.807, 2.05) is 0 Å². The molecule has 0 saturated carbocycles. The first-order valence-electron chi connectivity index (χ1n) is 5.42. The number of carbonyl (C=O) groups is 1. The Morgan fingerprint density at radius 3 is 2.61 bits per heavy atom.